The van der Waals surface area contributed by atoms with Crippen LogP contribution in [0.15, 0.2) is 23.1 Å². The summed E-state index contributed by atoms with van der Waals surface area (Å²) in [6.07, 6.45) is 1.89. The molecule has 0 aliphatic rings. The van der Waals surface area contributed by atoms with E-state index in [4.69, 9.17) is 0 Å². The summed E-state index contributed by atoms with van der Waals surface area (Å²) in [6, 6.07) is 3.51. The fourth-order valence-electron chi connectivity index (χ4n) is 1.79. The van der Waals surface area contributed by atoms with Crippen molar-refractivity contribution in [3.8, 4) is 0 Å². The number of nitro groups is 1. The standard InChI is InChI=1S/C12H19N3O4S2/c1-4-13-11-7-10(5-6-12(11)15(16)17)21(18,19)14-9(2)8-20-3/h5-7,9,13-14H,4,8H2,1-3H3. The Hall–Kier alpha value is -1.32. The van der Waals surface area contributed by atoms with E-state index in [1.165, 1.54) is 30.0 Å². The second-order valence-corrected chi connectivity index (χ2v) is 7.07. The van der Waals surface area contributed by atoms with E-state index >= 15 is 0 Å². The molecule has 0 bridgehead atoms. The van der Waals surface area contributed by atoms with Gasteiger partial charge in [-0.25, -0.2) is 13.1 Å². The van der Waals surface area contributed by atoms with Crippen LogP contribution in [0.25, 0.3) is 0 Å². The van der Waals surface area contributed by atoms with Crippen molar-refractivity contribution in [2.75, 3.05) is 23.9 Å². The van der Waals surface area contributed by atoms with Crippen LogP contribution in [0.3, 0.4) is 0 Å². The van der Waals surface area contributed by atoms with Crippen molar-refractivity contribution in [2.45, 2.75) is 24.8 Å². The zero-order chi connectivity index (χ0) is 16.0. The van der Waals surface area contributed by atoms with Crippen molar-refractivity contribution >= 4 is 33.2 Å². The van der Waals surface area contributed by atoms with E-state index in [0.29, 0.717) is 12.3 Å². The summed E-state index contributed by atoms with van der Waals surface area (Å²) in [6.45, 7) is 4.01. The lowest BCUT2D eigenvalue weighted by Crippen LogP contribution is -2.34. The molecule has 0 saturated carbocycles. The molecule has 0 amide bonds. The van der Waals surface area contributed by atoms with Gasteiger partial charge < -0.3 is 5.32 Å². The minimum absolute atomic E-state index is 0.0111. The Balaban J connectivity index is 3.13. The van der Waals surface area contributed by atoms with E-state index in [1.54, 1.807) is 13.8 Å². The lowest BCUT2D eigenvalue weighted by molar-refractivity contribution is -0.384. The lowest BCUT2D eigenvalue weighted by Gasteiger charge is -2.14. The number of hydrogen-bond acceptors (Lipinski definition) is 6. The number of nitrogens with one attached hydrogen (secondary N) is 2. The van der Waals surface area contributed by atoms with E-state index < -0.39 is 14.9 Å². The van der Waals surface area contributed by atoms with Crippen LogP contribution in [-0.4, -0.2) is 37.9 Å². The molecule has 118 valence electrons. The van der Waals surface area contributed by atoms with Gasteiger partial charge in [-0.3, -0.25) is 10.1 Å². The van der Waals surface area contributed by atoms with Crippen LogP contribution in [0.5, 0.6) is 0 Å². The lowest BCUT2D eigenvalue weighted by atomic mass is 10.2. The predicted octanol–water partition coefficient (Wildman–Crippen LogP) is 2.06. The molecule has 1 aromatic carbocycles. The number of rotatable bonds is 8. The van der Waals surface area contributed by atoms with Crippen molar-refractivity contribution in [1.82, 2.24) is 4.72 Å². The first kappa shape index (κ1) is 17.7. The minimum Gasteiger partial charge on any atom is -0.380 e. The first-order valence-electron chi connectivity index (χ1n) is 6.35. The fourth-order valence-corrected chi connectivity index (χ4v) is 3.75. The summed E-state index contributed by atoms with van der Waals surface area (Å²) in [5.41, 5.74) is 0.0517. The highest BCUT2D eigenvalue weighted by Crippen LogP contribution is 2.27. The summed E-state index contributed by atoms with van der Waals surface area (Å²) >= 11 is 1.53. The number of sulfonamides is 1. The minimum atomic E-state index is -3.69. The molecular formula is C12H19N3O4S2. The van der Waals surface area contributed by atoms with Gasteiger partial charge in [-0.15, -0.1) is 0 Å². The van der Waals surface area contributed by atoms with E-state index in [2.05, 4.69) is 10.0 Å². The SMILES string of the molecule is CCNc1cc(S(=O)(=O)NC(C)CSC)ccc1[N+](=O)[O-]. The quantitative estimate of drug-likeness (QED) is 0.558. The van der Waals surface area contributed by atoms with Gasteiger partial charge in [-0.1, -0.05) is 0 Å². The van der Waals surface area contributed by atoms with Crippen LogP contribution in [0.4, 0.5) is 11.4 Å². The fraction of sp³-hybridized carbons (Fsp3) is 0.500. The Bertz CT molecular complexity index is 605. The van der Waals surface area contributed by atoms with Crippen molar-refractivity contribution in [3.05, 3.63) is 28.3 Å². The van der Waals surface area contributed by atoms with Crippen LogP contribution in [0.2, 0.25) is 0 Å². The highest BCUT2D eigenvalue weighted by atomic mass is 32.2. The van der Waals surface area contributed by atoms with Crippen molar-refractivity contribution in [1.29, 1.82) is 0 Å². The molecule has 0 saturated heterocycles. The summed E-state index contributed by atoms with van der Waals surface area (Å²) in [7, 11) is -3.69. The molecule has 9 heteroatoms. The second kappa shape index (κ2) is 7.62. The van der Waals surface area contributed by atoms with Gasteiger partial charge in [0.25, 0.3) is 5.69 Å². The Kier molecular flexibility index (Phi) is 6.43. The second-order valence-electron chi connectivity index (χ2n) is 4.44. The molecular weight excluding hydrogens is 314 g/mol. The van der Waals surface area contributed by atoms with E-state index in [9.17, 15) is 18.5 Å². The van der Waals surface area contributed by atoms with Crippen molar-refractivity contribution in [3.63, 3.8) is 0 Å². The van der Waals surface area contributed by atoms with E-state index in [1.807, 2.05) is 6.26 Å². The van der Waals surface area contributed by atoms with Gasteiger partial charge in [0, 0.05) is 24.4 Å². The van der Waals surface area contributed by atoms with Crippen LogP contribution >= 0.6 is 11.8 Å². The van der Waals surface area contributed by atoms with Gasteiger partial charge in [0.2, 0.25) is 10.0 Å². The van der Waals surface area contributed by atoms with Crippen LogP contribution < -0.4 is 10.0 Å². The molecule has 21 heavy (non-hydrogen) atoms. The third-order valence-corrected chi connectivity index (χ3v) is 5.04. The molecule has 1 rings (SSSR count). The number of anilines is 1. The number of thioether (sulfide) groups is 1. The van der Waals surface area contributed by atoms with E-state index in [0.717, 1.165) is 0 Å². The number of hydrogen-bond donors (Lipinski definition) is 2. The molecule has 0 spiro atoms. The van der Waals surface area contributed by atoms with Crippen molar-refractivity contribution in [2.24, 2.45) is 0 Å². The van der Waals surface area contributed by atoms with E-state index in [-0.39, 0.29) is 22.3 Å². The summed E-state index contributed by atoms with van der Waals surface area (Å²) in [4.78, 5) is 10.4. The smallest absolute Gasteiger partial charge is 0.292 e. The summed E-state index contributed by atoms with van der Waals surface area (Å²) < 4.78 is 27.0. The molecule has 0 heterocycles. The molecule has 1 unspecified atom stereocenters. The summed E-state index contributed by atoms with van der Waals surface area (Å²) in [5.74, 6) is 0.645. The third kappa shape index (κ3) is 4.87. The Morgan fingerprint density at radius 2 is 2.10 bits per heavy atom. The molecule has 0 radical (unpaired) electrons. The first-order chi connectivity index (χ1) is 9.81. The van der Waals surface area contributed by atoms with Gasteiger partial charge >= 0.3 is 0 Å². The Labute approximate surface area is 128 Å². The first-order valence-corrected chi connectivity index (χ1v) is 9.23. The molecule has 0 aliphatic carbocycles. The van der Waals surface area contributed by atoms with Crippen LogP contribution in [-0.2, 0) is 10.0 Å². The molecule has 0 aliphatic heterocycles. The molecule has 1 atom stereocenters. The topological polar surface area (TPSA) is 101 Å². The van der Waals surface area contributed by atoms with Gasteiger partial charge in [0.1, 0.15) is 5.69 Å². The maximum atomic E-state index is 12.2. The highest BCUT2D eigenvalue weighted by molar-refractivity contribution is 7.98. The maximum Gasteiger partial charge on any atom is 0.292 e. The monoisotopic (exact) mass is 333 g/mol. The number of nitrogens with zero attached hydrogens (tertiary/aromatic N) is 1. The number of nitro benzene ring substituents is 1. The molecule has 1 aromatic rings. The average Bonchev–Trinajstić information content (AvgIpc) is 2.38. The van der Waals surface area contributed by atoms with Gasteiger partial charge in [-0.05, 0) is 32.2 Å². The molecule has 2 N–H and O–H groups in total. The Morgan fingerprint density at radius 1 is 1.43 bits per heavy atom. The summed E-state index contributed by atoms with van der Waals surface area (Å²) in [5, 5.41) is 13.7. The third-order valence-electron chi connectivity index (χ3n) is 2.62. The largest absolute Gasteiger partial charge is 0.380 e. The van der Waals surface area contributed by atoms with Crippen molar-refractivity contribution < 1.29 is 13.3 Å². The Morgan fingerprint density at radius 3 is 2.62 bits per heavy atom. The van der Waals surface area contributed by atoms with Gasteiger partial charge in [0.05, 0.1) is 9.82 Å². The average molecular weight is 333 g/mol. The number of benzene rings is 1. The molecule has 7 nitrogen and oxygen atoms in total. The van der Waals surface area contributed by atoms with Gasteiger partial charge in [0.15, 0.2) is 0 Å². The molecule has 0 fully saturated rings. The predicted molar refractivity (Wildman–Crippen MR) is 85.4 cm³/mol. The zero-order valence-corrected chi connectivity index (χ0v) is 13.8. The zero-order valence-electron chi connectivity index (χ0n) is 12.1. The van der Waals surface area contributed by atoms with Crippen LogP contribution in [0.1, 0.15) is 13.8 Å². The maximum absolute atomic E-state index is 12.2. The normalized spacial score (nSPS) is 12.9. The van der Waals surface area contributed by atoms with Gasteiger partial charge in [-0.2, -0.15) is 11.8 Å². The molecule has 0 aromatic heterocycles. The van der Waals surface area contributed by atoms with Crippen LogP contribution in [0, 0.1) is 10.1 Å². The highest BCUT2D eigenvalue weighted by Gasteiger charge is 2.21.